The second kappa shape index (κ2) is 7.24. The van der Waals surface area contributed by atoms with Crippen molar-refractivity contribution < 1.29 is 22.7 Å². The molecule has 2 aromatic carbocycles. The summed E-state index contributed by atoms with van der Waals surface area (Å²) in [6.07, 6.45) is 2.00. The number of carbonyl (C=O) groups excluding carboxylic acids is 1. The van der Waals surface area contributed by atoms with Gasteiger partial charge in [-0.3, -0.25) is 4.79 Å². The highest BCUT2D eigenvalue weighted by molar-refractivity contribution is 7.93. The quantitative estimate of drug-likeness (QED) is 0.658. The van der Waals surface area contributed by atoms with Gasteiger partial charge in [0.15, 0.2) is 31.2 Å². The van der Waals surface area contributed by atoms with Gasteiger partial charge in [0.25, 0.3) is 0 Å². The van der Waals surface area contributed by atoms with Crippen LogP contribution in [-0.4, -0.2) is 37.3 Å². The van der Waals surface area contributed by atoms with Crippen LogP contribution in [0.1, 0.15) is 25.7 Å². The first kappa shape index (κ1) is 19.3. The number of carbonyl (C=O) groups is 1. The van der Waals surface area contributed by atoms with Gasteiger partial charge in [-0.25, -0.2) is 13.4 Å². The maximum atomic E-state index is 13.4. The number of fused-ring (bicyclic) bond motifs is 2. The third kappa shape index (κ3) is 3.04. The van der Waals surface area contributed by atoms with Crippen LogP contribution in [0.2, 0.25) is 0 Å². The lowest BCUT2D eigenvalue weighted by Crippen LogP contribution is -2.47. The molecule has 1 saturated carbocycles. The van der Waals surface area contributed by atoms with Crippen molar-refractivity contribution in [1.29, 1.82) is 0 Å². The summed E-state index contributed by atoms with van der Waals surface area (Å²) in [6, 6.07) is 11.8. The highest BCUT2D eigenvalue weighted by Gasteiger charge is 2.53. The van der Waals surface area contributed by atoms with Gasteiger partial charge in [0.05, 0.1) is 15.1 Å². The zero-order valence-corrected chi connectivity index (χ0v) is 17.7. The smallest absolute Gasteiger partial charge is 0.248 e. The second-order valence-corrected chi connectivity index (χ2v) is 10.7. The van der Waals surface area contributed by atoms with Crippen LogP contribution in [0, 0.1) is 0 Å². The number of amides is 1. The van der Waals surface area contributed by atoms with Crippen molar-refractivity contribution in [3.63, 3.8) is 0 Å². The fourth-order valence-electron chi connectivity index (χ4n) is 4.12. The fraction of sp³-hybridized carbons (Fsp3) is 0.333. The lowest BCUT2D eigenvalue weighted by Gasteiger charge is -2.27. The Morgan fingerprint density at radius 1 is 1.03 bits per heavy atom. The number of sulfone groups is 1. The average Bonchev–Trinajstić information content (AvgIpc) is 3.40. The summed E-state index contributed by atoms with van der Waals surface area (Å²) in [5.74, 6) is 0.755. The van der Waals surface area contributed by atoms with Crippen LogP contribution in [0.3, 0.4) is 0 Å². The first-order valence-electron chi connectivity index (χ1n) is 9.81. The average molecular weight is 445 g/mol. The number of hydrogen-bond donors (Lipinski definition) is 1. The standard InChI is InChI=1S/C21H20N2O5S2/c24-19(21(8-4-5-9-21)30(25,26)14-6-2-1-3-7-14)23-20-22-15-12-16-17(13-18(15)29-20)28-11-10-27-16/h1-3,6-7,12-13H,4-5,8-11H2,(H,22,23,24). The molecule has 3 aromatic rings. The Kier molecular flexibility index (Phi) is 4.67. The van der Waals surface area contributed by atoms with Crippen LogP contribution in [0.15, 0.2) is 47.4 Å². The van der Waals surface area contributed by atoms with E-state index < -0.39 is 20.5 Å². The minimum atomic E-state index is -3.84. The largest absolute Gasteiger partial charge is 0.486 e. The second-order valence-electron chi connectivity index (χ2n) is 7.45. The topological polar surface area (TPSA) is 94.6 Å². The Morgan fingerprint density at radius 3 is 2.40 bits per heavy atom. The summed E-state index contributed by atoms with van der Waals surface area (Å²) in [4.78, 5) is 18.0. The SMILES string of the molecule is O=C(Nc1nc2cc3c(cc2s1)OCCO3)C1(S(=O)(=O)c2ccccc2)CCCC1. The van der Waals surface area contributed by atoms with E-state index in [4.69, 9.17) is 9.47 Å². The van der Waals surface area contributed by atoms with Gasteiger partial charge < -0.3 is 14.8 Å². The fourth-order valence-corrected chi connectivity index (χ4v) is 7.08. The van der Waals surface area contributed by atoms with Gasteiger partial charge in [-0.1, -0.05) is 42.4 Å². The molecule has 9 heteroatoms. The number of anilines is 1. The van der Waals surface area contributed by atoms with E-state index >= 15 is 0 Å². The maximum Gasteiger partial charge on any atom is 0.248 e. The van der Waals surface area contributed by atoms with Crippen molar-refractivity contribution in [2.24, 2.45) is 0 Å². The monoisotopic (exact) mass is 444 g/mol. The number of nitrogens with zero attached hydrogens (tertiary/aromatic N) is 1. The van der Waals surface area contributed by atoms with Crippen molar-refractivity contribution in [2.75, 3.05) is 18.5 Å². The molecule has 5 rings (SSSR count). The van der Waals surface area contributed by atoms with Crippen molar-refractivity contribution >= 4 is 42.4 Å². The summed E-state index contributed by atoms with van der Waals surface area (Å²) in [5.41, 5.74) is 0.672. The number of aromatic nitrogens is 1. The molecule has 30 heavy (non-hydrogen) atoms. The Morgan fingerprint density at radius 2 is 1.70 bits per heavy atom. The van der Waals surface area contributed by atoms with E-state index in [0.717, 1.165) is 4.70 Å². The van der Waals surface area contributed by atoms with E-state index in [1.807, 2.05) is 6.07 Å². The molecule has 1 amide bonds. The van der Waals surface area contributed by atoms with Crippen LogP contribution < -0.4 is 14.8 Å². The third-order valence-corrected chi connectivity index (χ3v) is 9.11. The number of nitrogens with one attached hydrogen (secondary N) is 1. The minimum Gasteiger partial charge on any atom is -0.486 e. The van der Waals surface area contributed by atoms with Gasteiger partial charge in [-0.05, 0) is 25.0 Å². The zero-order valence-electron chi connectivity index (χ0n) is 16.1. The molecule has 0 bridgehead atoms. The number of hydrogen-bond acceptors (Lipinski definition) is 7. The summed E-state index contributed by atoms with van der Waals surface area (Å²) in [5, 5.41) is 3.16. The minimum absolute atomic E-state index is 0.174. The molecule has 0 saturated heterocycles. The van der Waals surface area contributed by atoms with E-state index in [1.165, 1.54) is 11.3 Å². The summed E-state index contributed by atoms with van der Waals surface area (Å²) >= 11 is 1.29. The number of benzene rings is 2. The normalized spacial score (nSPS) is 17.7. The molecule has 2 heterocycles. The molecule has 0 radical (unpaired) electrons. The molecule has 0 unspecified atom stereocenters. The number of ether oxygens (including phenoxy) is 2. The Bertz CT molecular complexity index is 1170. The van der Waals surface area contributed by atoms with Gasteiger partial charge in [0, 0.05) is 12.1 Å². The van der Waals surface area contributed by atoms with E-state index in [1.54, 1.807) is 36.4 Å². The van der Waals surface area contributed by atoms with Crippen molar-refractivity contribution in [3.05, 3.63) is 42.5 Å². The summed E-state index contributed by atoms with van der Waals surface area (Å²) in [7, 11) is -3.84. The van der Waals surface area contributed by atoms with Gasteiger partial charge in [0.1, 0.15) is 13.2 Å². The van der Waals surface area contributed by atoms with Crippen LogP contribution >= 0.6 is 11.3 Å². The van der Waals surface area contributed by atoms with E-state index in [9.17, 15) is 13.2 Å². The molecule has 1 N–H and O–H groups in total. The predicted molar refractivity (Wildman–Crippen MR) is 114 cm³/mol. The molecule has 0 spiro atoms. The molecular formula is C21H20N2O5S2. The van der Waals surface area contributed by atoms with Crippen LogP contribution in [0.5, 0.6) is 11.5 Å². The van der Waals surface area contributed by atoms with Crippen molar-refractivity contribution in [2.45, 2.75) is 35.3 Å². The summed E-state index contributed by atoms with van der Waals surface area (Å²) in [6.45, 7) is 0.965. The van der Waals surface area contributed by atoms with E-state index in [2.05, 4.69) is 10.3 Å². The lowest BCUT2D eigenvalue weighted by molar-refractivity contribution is -0.118. The third-order valence-electron chi connectivity index (χ3n) is 5.67. The van der Waals surface area contributed by atoms with Crippen LogP contribution in [0.25, 0.3) is 10.2 Å². The molecule has 156 valence electrons. The van der Waals surface area contributed by atoms with Crippen LogP contribution in [0.4, 0.5) is 5.13 Å². The molecule has 1 aliphatic carbocycles. The maximum absolute atomic E-state index is 13.4. The Hall–Kier alpha value is -2.65. The highest BCUT2D eigenvalue weighted by atomic mass is 32.2. The molecule has 1 aliphatic heterocycles. The molecule has 1 aromatic heterocycles. The first-order chi connectivity index (χ1) is 14.5. The number of thiazole rings is 1. The van der Waals surface area contributed by atoms with Crippen LogP contribution in [-0.2, 0) is 14.6 Å². The molecule has 7 nitrogen and oxygen atoms in total. The Balaban J connectivity index is 1.48. The lowest BCUT2D eigenvalue weighted by atomic mass is 10.1. The molecule has 2 aliphatic rings. The molecule has 1 fully saturated rings. The molecule has 0 atom stereocenters. The van der Waals surface area contributed by atoms with E-state index in [0.29, 0.717) is 61.0 Å². The zero-order chi connectivity index (χ0) is 20.8. The first-order valence-corrected chi connectivity index (χ1v) is 12.1. The highest BCUT2D eigenvalue weighted by Crippen LogP contribution is 2.42. The van der Waals surface area contributed by atoms with Gasteiger partial charge in [-0.2, -0.15) is 0 Å². The Labute approximate surface area is 178 Å². The predicted octanol–water partition coefficient (Wildman–Crippen LogP) is 3.79. The van der Waals surface area contributed by atoms with Gasteiger partial charge >= 0.3 is 0 Å². The van der Waals surface area contributed by atoms with Gasteiger partial charge in [0.2, 0.25) is 5.91 Å². The summed E-state index contributed by atoms with van der Waals surface area (Å²) < 4.78 is 37.4. The van der Waals surface area contributed by atoms with E-state index in [-0.39, 0.29) is 4.90 Å². The van der Waals surface area contributed by atoms with Crippen molar-refractivity contribution in [3.8, 4) is 11.5 Å². The van der Waals surface area contributed by atoms with Gasteiger partial charge in [-0.15, -0.1) is 0 Å². The molecular weight excluding hydrogens is 424 g/mol. The van der Waals surface area contributed by atoms with Crippen molar-refractivity contribution in [1.82, 2.24) is 4.98 Å². The number of rotatable bonds is 4.